The molecule has 0 aliphatic heterocycles. The lowest BCUT2D eigenvalue weighted by atomic mass is 10.1. The Bertz CT molecular complexity index is 925. The van der Waals surface area contributed by atoms with Crippen molar-refractivity contribution in [2.24, 2.45) is 12.0 Å². The van der Waals surface area contributed by atoms with Gasteiger partial charge in [0.2, 0.25) is 0 Å². The average Bonchev–Trinajstić information content (AvgIpc) is 2.89. The number of aryl methyl sites for hydroxylation is 1. The maximum Gasteiger partial charge on any atom is 0.281 e. The van der Waals surface area contributed by atoms with Crippen LogP contribution in [0.25, 0.3) is 11.3 Å². The van der Waals surface area contributed by atoms with Crippen molar-refractivity contribution < 1.29 is 9.53 Å². The van der Waals surface area contributed by atoms with Crippen molar-refractivity contribution in [3.05, 3.63) is 64.0 Å². The van der Waals surface area contributed by atoms with E-state index in [0.29, 0.717) is 10.4 Å². The molecule has 0 aliphatic carbocycles. The van der Waals surface area contributed by atoms with Gasteiger partial charge in [-0.3, -0.25) is 9.78 Å². The minimum Gasteiger partial charge on any atom is -0.497 e. The monoisotopic (exact) mass is 339 g/mol. The zero-order valence-electron chi connectivity index (χ0n) is 13.7. The Labute approximate surface area is 143 Å². The van der Waals surface area contributed by atoms with Gasteiger partial charge in [0.1, 0.15) is 5.75 Å². The van der Waals surface area contributed by atoms with Crippen molar-refractivity contribution in [2.45, 2.75) is 6.92 Å². The number of methoxy groups -OCH3 is 1. The van der Waals surface area contributed by atoms with Crippen LogP contribution < -0.4 is 9.54 Å². The van der Waals surface area contributed by atoms with Gasteiger partial charge in [-0.1, -0.05) is 0 Å². The molecule has 6 heteroatoms. The Morgan fingerprint density at radius 1 is 1.25 bits per heavy atom. The molecule has 3 rings (SSSR count). The zero-order chi connectivity index (χ0) is 17.1. The second-order valence-electron chi connectivity index (χ2n) is 5.24. The molecule has 0 bridgehead atoms. The number of thiazole rings is 1. The van der Waals surface area contributed by atoms with Gasteiger partial charge in [0, 0.05) is 24.3 Å². The number of hydrogen-bond donors (Lipinski definition) is 0. The first kappa shape index (κ1) is 16.1. The highest BCUT2D eigenvalue weighted by molar-refractivity contribution is 7.09. The first-order valence-electron chi connectivity index (χ1n) is 7.40. The molecular weight excluding hydrogens is 322 g/mol. The lowest BCUT2D eigenvalue weighted by Gasteiger charge is -2.06. The van der Waals surface area contributed by atoms with Crippen LogP contribution in [-0.4, -0.2) is 22.6 Å². The quantitative estimate of drug-likeness (QED) is 0.736. The Balaban J connectivity index is 2.03. The predicted molar refractivity (Wildman–Crippen MR) is 94.1 cm³/mol. The van der Waals surface area contributed by atoms with Crippen molar-refractivity contribution in [1.82, 2.24) is 9.55 Å². The first-order chi connectivity index (χ1) is 11.6. The van der Waals surface area contributed by atoms with Gasteiger partial charge in [-0.25, -0.2) is 0 Å². The largest absolute Gasteiger partial charge is 0.497 e. The lowest BCUT2D eigenvalue weighted by molar-refractivity contribution is 0.0997. The summed E-state index contributed by atoms with van der Waals surface area (Å²) >= 11 is 1.49. The maximum absolute atomic E-state index is 12.3. The van der Waals surface area contributed by atoms with Crippen LogP contribution in [-0.2, 0) is 7.05 Å². The molecule has 0 atom stereocenters. The third-order valence-corrected chi connectivity index (χ3v) is 4.72. The Morgan fingerprint density at radius 3 is 2.62 bits per heavy atom. The Hall–Kier alpha value is -2.73. The Morgan fingerprint density at radius 2 is 2.00 bits per heavy atom. The molecule has 3 aromatic rings. The average molecular weight is 339 g/mol. The van der Waals surface area contributed by atoms with E-state index in [1.165, 1.54) is 17.5 Å². The van der Waals surface area contributed by atoms with E-state index in [4.69, 9.17) is 4.74 Å². The molecule has 24 heavy (non-hydrogen) atoms. The highest BCUT2D eigenvalue weighted by Gasteiger charge is 2.12. The van der Waals surface area contributed by atoms with Crippen molar-refractivity contribution in [2.75, 3.05) is 7.11 Å². The van der Waals surface area contributed by atoms with E-state index < -0.39 is 0 Å². The number of benzene rings is 1. The topological polar surface area (TPSA) is 56.5 Å². The van der Waals surface area contributed by atoms with Gasteiger partial charge in [0.25, 0.3) is 5.91 Å². The van der Waals surface area contributed by atoms with Crippen molar-refractivity contribution in [1.29, 1.82) is 0 Å². The maximum atomic E-state index is 12.3. The number of rotatable bonds is 3. The van der Waals surface area contributed by atoms with Gasteiger partial charge in [-0.2, -0.15) is 4.99 Å². The molecule has 2 aromatic heterocycles. The number of hydrogen-bond acceptors (Lipinski definition) is 4. The number of nitrogens with zero attached hydrogens (tertiary/aromatic N) is 3. The number of carbonyl (C=O) groups is 1. The van der Waals surface area contributed by atoms with Gasteiger partial charge in [0.15, 0.2) is 4.80 Å². The van der Waals surface area contributed by atoms with Crippen LogP contribution in [0.3, 0.4) is 0 Å². The van der Waals surface area contributed by atoms with E-state index in [-0.39, 0.29) is 5.91 Å². The van der Waals surface area contributed by atoms with Gasteiger partial charge in [-0.05, 0) is 48.9 Å². The highest BCUT2D eigenvalue weighted by atomic mass is 32.1. The molecule has 0 spiro atoms. The SMILES string of the molecule is COc1ccc(-c2c(C)sc(=NC(=O)c3cccnc3)n2C)cc1. The number of amides is 1. The number of ether oxygens (including phenoxy) is 1. The first-order valence-corrected chi connectivity index (χ1v) is 8.21. The van der Waals surface area contributed by atoms with Gasteiger partial charge >= 0.3 is 0 Å². The van der Waals surface area contributed by atoms with Crippen molar-refractivity contribution in [3.63, 3.8) is 0 Å². The standard InChI is InChI=1S/C18H17N3O2S/c1-12-16(13-6-8-15(23-3)9-7-13)21(2)18(24-12)20-17(22)14-5-4-10-19-11-14/h4-11H,1-3H3. The molecule has 0 radical (unpaired) electrons. The fourth-order valence-electron chi connectivity index (χ4n) is 2.47. The highest BCUT2D eigenvalue weighted by Crippen LogP contribution is 2.26. The van der Waals surface area contributed by atoms with Crippen LogP contribution in [0.15, 0.2) is 53.8 Å². The molecule has 0 N–H and O–H groups in total. The third kappa shape index (κ3) is 3.14. The summed E-state index contributed by atoms with van der Waals surface area (Å²) in [5.74, 6) is 0.521. The van der Waals surface area contributed by atoms with Gasteiger partial charge in [-0.15, -0.1) is 11.3 Å². The molecule has 5 nitrogen and oxygen atoms in total. The number of aromatic nitrogens is 2. The zero-order valence-corrected chi connectivity index (χ0v) is 14.5. The van der Waals surface area contributed by atoms with E-state index in [1.807, 2.05) is 42.8 Å². The number of carbonyl (C=O) groups excluding carboxylic acids is 1. The molecule has 0 unspecified atom stereocenters. The van der Waals surface area contributed by atoms with Crippen LogP contribution in [0.1, 0.15) is 15.2 Å². The molecular formula is C18H17N3O2S. The second-order valence-corrected chi connectivity index (χ2v) is 6.42. The summed E-state index contributed by atoms with van der Waals surface area (Å²) in [5.41, 5.74) is 2.58. The number of pyridine rings is 1. The molecule has 0 aliphatic rings. The fraction of sp³-hybridized carbons (Fsp3) is 0.167. The molecule has 1 aromatic carbocycles. The van der Waals surface area contributed by atoms with Crippen LogP contribution >= 0.6 is 11.3 Å². The smallest absolute Gasteiger partial charge is 0.281 e. The van der Waals surface area contributed by atoms with Gasteiger partial charge < -0.3 is 9.30 Å². The van der Waals surface area contributed by atoms with E-state index in [2.05, 4.69) is 9.98 Å². The normalized spacial score (nSPS) is 11.5. The third-order valence-electron chi connectivity index (χ3n) is 3.67. The van der Waals surface area contributed by atoms with Crippen molar-refractivity contribution in [3.8, 4) is 17.0 Å². The molecule has 0 saturated heterocycles. The summed E-state index contributed by atoms with van der Waals surface area (Å²) in [7, 11) is 3.56. The summed E-state index contributed by atoms with van der Waals surface area (Å²) in [6.07, 6.45) is 3.16. The molecule has 0 fully saturated rings. The predicted octanol–water partition coefficient (Wildman–Crippen LogP) is 3.21. The molecule has 2 heterocycles. The second kappa shape index (κ2) is 6.80. The van der Waals surface area contributed by atoms with Crippen LogP contribution in [0.4, 0.5) is 0 Å². The summed E-state index contributed by atoms with van der Waals surface area (Å²) in [5, 5.41) is 0. The molecule has 122 valence electrons. The minimum absolute atomic E-state index is 0.291. The van der Waals surface area contributed by atoms with Crippen LogP contribution in [0.5, 0.6) is 5.75 Å². The minimum atomic E-state index is -0.291. The van der Waals surface area contributed by atoms with Crippen molar-refractivity contribution >= 4 is 17.2 Å². The Kier molecular flexibility index (Phi) is 4.57. The van der Waals surface area contributed by atoms with Crippen LogP contribution in [0, 0.1) is 6.92 Å². The van der Waals surface area contributed by atoms with E-state index in [1.54, 1.807) is 25.4 Å². The van der Waals surface area contributed by atoms with Gasteiger partial charge in [0.05, 0.1) is 18.4 Å². The fourth-order valence-corrected chi connectivity index (χ4v) is 3.45. The summed E-state index contributed by atoms with van der Waals surface area (Å²) in [4.78, 5) is 22.2. The summed E-state index contributed by atoms with van der Waals surface area (Å²) in [6.45, 7) is 2.03. The lowest BCUT2D eigenvalue weighted by Crippen LogP contribution is -2.14. The molecule has 1 amide bonds. The summed E-state index contributed by atoms with van der Waals surface area (Å²) in [6, 6.07) is 11.3. The summed E-state index contributed by atoms with van der Waals surface area (Å²) < 4.78 is 7.14. The van der Waals surface area contributed by atoms with E-state index >= 15 is 0 Å². The van der Waals surface area contributed by atoms with Crippen LogP contribution in [0.2, 0.25) is 0 Å². The van der Waals surface area contributed by atoms with E-state index in [9.17, 15) is 4.79 Å². The van der Waals surface area contributed by atoms with E-state index in [0.717, 1.165) is 21.9 Å². The molecule has 0 saturated carbocycles.